The molecule has 0 aliphatic carbocycles. The van der Waals surface area contributed by atoms with Crippen LogP contribution in [-0.2, 0) is 21.4 Å². The summed E-state index contributed by atoms with van der Waals surface area (Å²) in [6, 6.07) is 9.29. The molecule has 0 unspecified atom stereocenters. The van der Waals surface area contributed by atoms with Gasteiger partial charge in [-0.15, -0.1) is 0 Å². The average Bonchev–Trinajstić information content (AvgIpc) is 2.27. The van der Waals surface area contributed by atoms with Gasteiger partial charge in [0.25, 0.3) is 0 Å². The summed E-state index contributed by atoms with van der Waals surface area (Å²) in [5, 5.41) is 0. The number of hydrogen-bond donors (Lipinski definition) is 2. The van der Waals surface area contributed by atoms with Crippen molar-refractivity contribution in [2.45, 2.75) is 12.6 Å². The summed E-state index contributed by atoms with van der Waals surface area (Å²) in [6.45, 7) is 0.920. The molecule has 1 atom stereocenters. The first-order valence-corrected chi connectivity index (χ1v) is 7.19. The van der Waals surface area contributed by atoms with Crippen molar-refractivity contribution in [3.05, 3.63) is 35.9 Å². The Balaban J connectivity index is 2.34. The number of sulfonamides is 1. The Kier molecular flexibility index (Phi) is 5.57. The van der Waals surface area contributed by atoms with Gasteiger partial charge in [-0.3, -0.25) is 0 Å². The first-order valence-electron chi connectivity index (χ1n) is 5.30. The Bertz CT molecular complexity index is 420. The molecule has 0 aliphatic rings. The van der Waals surface area contributed by atoms with E-state index in [0.29, 0.717) is 6.61 Å². The third kappa shape index (κ3) is 6.38. The topological polar surface area (TPSA) is 81.4 Å². The maximum absolute atomic E-state index is 11.0. The molecular formula is C11H18N2O3S. The van der Waals surface area contributed by atoms with Gasteiger partial charge in [-0.2, -0.15) is 0 Å². The molecule has 1 rings (SSSR count). The zero-order valence-electron chi connectivity index (χ0n) is 9.80. The van der Waals surface area contributed by atoms with E-state index in [4.69, 9.17) is 10.5 Å². The zero-order valence-corrected chi connectivity index (χ0v) is 10.6. The van der Waals surface area contributed by atoms with Crippen LogP contribution >= 0.6 is 0 Å². The first kappa shape index (κ1) is 14.1. The summed E-state index contributed by atoms with van der Waals surface area (Å²) in [6.07, 6.45) is 1.10. The lowest BCUT2D eigenvalue weighted by molar-refractivity contribution is 0.106. The van der Waals surface area contributed by atoms with Crippen molar-refractivity contribution in [2.75, 3.05) is 19.4 Å². The van der Waals surface area contributed by atoms with Gasteiger partial charge in [0, 0.05) is 6.54 Å². The number of ether oxygens (including phenoxy) is 1. The molecule has 0 saturated heterocycles. The molecule has 0 fully saturated rings. The second-order valence-corrected chi connectivity index (χ2v) is 5.60. The Morgan fingerprint density at radius 1 is 1.35 bits per heavy atom. The molecule has 3 N–H and O–H groups in total. The standard InChI is InChI=1S/C11H18N2O3S/c1-17(14,15)13-11(7-12)9-16-8-10-5-3-2-4-6-10/h2-6,11,13H,7-9,12H2,1H3/t11-/m0/s1. The predicted molar refractivity (Wildman–Crippen MR) is 66.9 cm³/mol. The lowest BCUT2D eigenvalue weighted by Gasteiger charge is -2.15. The van der Waals surface area contributed by atoms with Crippen LogP contribution in [0.5, 0.6) is 0 Å². The Labute approximate surface area is 102 Å². The maximum atomic E-state index is 11.0. The molecule has 96 valence electrons. The van der Waals surface area contributed by atoms with Crippen LogP contribution in [0, 0.1) is 0 Å². The van der Waals surface area contributed by atoms with Crippen LogP contribution in [0.1, 0.15) is 5.56 Å². The molecule has 6 heteroatoms. The Morgan fingerprint density at radius 3 is 2.53 bits per heavy atom. The number of rotatable bonds is 7. The van der Waals surface area contributed by atoms with Crippen molar-refractivity contribution in [2.24, 2.45) is 5.73 Å². The SMILES string of the molecule is CS(=O)(=O)N[C@@H](CN)COCc1ccccc1. The molecule has 0 spiro atoms. The lowest BCUT2D eigenvalue weighted by atomic mass is 10.2. The smallest absolute Gasteiger partial charge is 0.209 e. The van der Waals surface area contributed by atoms with Gasteiger partial charge in [-0.25, -0.2) is 13.1 Å². The summed E-state index contributed by atoms with van der Waals surface area (Å²) in [5.41, 5.74) is 6.50. The summed E-state index contributed by atoms with van der Waals surface area (Å²) >= 11 is 0. The molecule has 1 aromatic rings. The van der Waals surface area contributed by atoms with E-state index in [0.717, 1.165) is 11.8 Å². The second-order valence-electron chi connectivity index (χ2n) is 3.82. The van der Waals surface area contributed by atoms with E-state index < -0.39 is 10.0 Å². The van der Waals surface area contributed by atoms with Crippen molar-refractivity contribution in [3.8, 4) is 0 Å². The summed E-state index contributed by atoms with van der Waals surface area (Å²) in [7, 11) is -3.24. The van der Waals surface area contributed by atoms with Gasteiger partial charge in [0.05, 0.1) is 25.5 Å². The first-order chi connectivity index (χ1) is 8.01. The van der Waals surface area contributed by atoms with Gasteiger partial charge in [-0.1, -0.05) is 30.3 Å². The largest absolute Gasteiger partial charge is 0.375 e. The predicted octanol–water partition coefficient (Wildman–Crippen LogP) is 0.0797. The number of nitrogens with one attached hydrogen (secondary N) is 1. The number of benzene rings is 1. The zero-order chi connectivity index (χ0) is 12.7. The fourth-order valence-corrected chi connectivity index (χ4v) is 2.12. The lowest BCUT2D eigenvalue weighted by Crippen LogP contribution is -2.42. The molecular weight excluding hydrogens is 240 g/mol. The van der Waals surface area contributed by atoms with E-state index >= 15 is 0 Å². The molecule has 1 aromatic carbocycles. The van der Waals surface area contributed by atoms with E-state index in [1.165, 1.54) is 0 Å². The number of nitrogens with two attached hydrogens (primary N) is 1. The molecule has 0 aromatic heterocycles. The highest BCUT2D eigenvalue weighted by Crippen LogP contribution is 2.00. The Morgan fingerprint density at radius 2 is 2.00 bits per heavy atom. The highest BCUT2D eigenvalue weighted by Gasteiger charge is 2.11. The minimum Gasteiger partial charge on any atom is -0.375 e. The number of hydrogen-bond acceptors (Lipinski definition) is 4. The van der Waals surface area contributed by atoms with Gasteiger partial charge >= 0.3 is 0 Å². The summed E-state index contributed by atoms with van der Waals surface area (Å²) in [4.78, 5) is 0. The van der Waals surface area contributed by atoms with Crippen molar-refractivity contribution < 1.29 is 13.2 Å². The van der Waals surface area contributed by atoms with Gasteiger partial charge in [-0.05, 0) is 5.56 Å². The van der Waals surface area contributed by atoms with Crippen LogP contribution in [0.25, 0.3) is 0 Å². The van der Waals surface area contributed by atoms with Crippen molar-refractivity contribution in [3.63, 3.8) is 0 Å². The van der Waals surface area contributed by atoms with Crippen molar-refractivity contribution in [1.82, 2.24) is 4.72 Å². The molecule has 0 radical (unpaired) electrons. The van der Waals surface area contributed by atoms with Crippen LogP contribution in [-0.4, -0.2) is 33.9 Å². The minimum absolute atomic E-state index is 0.210. The molecule has 0 saturated carbocycles. The molecule has 0 amide bonds. The van der Waals surface area contributed by atoms with Crippen molar-refractivity contribution in [1.29, 1.82) is 0 Å². The van der Waals surface area contributed by atoms with E-state index in [-0.39, 0.29) is 19.2 Å². The quantitative estimate of drug-likeness (QED) is 0.725. The van der Waals surface area contributed by atoms with Crippen LogP contribution in [0.15, 0.2) is 30.3 Å². The summed E-state index contributed by atoms with van der Waals surface area (Å²) < 4.78 is 29.8. The third-order valence-electron chi connectivity index (χ3n) is 2.10. The third-order valence-corrected chi connectivity index (χ3v) is 2.86. The van der Waals surface area contributed by atoms with Gasteiger partial charge in [0.2, 0.25) is 10.0 Å². The highest BCUT2D eigenvalue weighted by atomic mass is 32.2. The van der Waals surface area contributed by atoms with E-state index in [2.05, 4.69) is 4.72 Å². The van der Waals surface area contributed by atoms with E-state index in [9.17, 15) is 8.42 Å². The average molecular weight is 258 g/mol. The fourth-order valence-electron chi connectivity index (χ4n) is 1.35. The molecule has 0 heterocycles. The molecule has 0 bridgehead atoms. The molecule has 0 aliphatic heterocycles. The normalized spacial score (nSPS) is 13.5. The van der Waals surface area contributed by atoms with Crippen molar-refractivity contribution >= 4 is 10.0 Å². The minimum atomic E-state index is -3.24. The molecule has 5 nitrogen and oxygen atoms in total. The molecule has 17 heavy (non-hydrogen) atoms. The van der Waals surface area contributed by atoms with Crippen LogP contribution < -0.4 is 10.5 Å². The van der Waals surface area contributed by atoms with E-state index in [1.807, 2.05) is 30.3 Å². The monoisotopic (exact) mass is 258 g/mol. The highest BCUT2D eigenvalue weighted by molar-refractivity contribution is 7.88. The Hall–Kier alpha value is -0.950. The maximum Gasteiger partial charge on any atom is 0.209 e. The van der Waals surface area contributed by atoms with Gasteiger partial charge in [0.15, 0.2) is 0 Å². The van der Waals surface area contributed by atoms with Crippen LogP contribution in [0.2, 0.25) is 0 Å². The summed E-state index contributed by atoms with van der Waals surface area (Å²) in [5.74, 6) is 0. The van der Waals surface area contributed by atoms with Crippen LogP contribution in [0.4, 0.5) is 0 Å². The van der Waals surface area contributed by atoms with Crippen LogP contribution in [0.3, 0.4) is 0 Å². The van der Waals surface area contributed by atoms with E-state index in [1.54, 1.807) is 0 Å². The van der Waals surface area contributed by atoms with Gasteiger partial charge < -0.3 is 10.5 Å². The van der Waals surface area contributed by atoms with Gasteiger partial charge in [0.1, 0.15) is 0 Å². The second kappa shape index (κ2) is 6.70. The fraction of sp³-hybridized carbons (Fsp3) is 0.455.